The molecule has 4 heteroatoms. The van der Waals surface area contributed by atoms with E-state index in [1.54, 1.807) is 0 Å². The van der Waals surface area contributed by atoms with Gasteiger partial charge in [0.15, 0.2) is 0 Å². The van der Waals surface area contributed by atoms with Crippen LogP contribution >= 0.6 is 11.6 Å². The first-order chi connectivity index (χ1) is 10.1. The number of esters is 1. The lowest BCUT2D eigenvalue weighted by Gasteiger charge is -2.13. The summed E-state index contributed by atoms with van der Waals surface area (Å²) in [5.74, 6) is 1.38. The number of hydrogen-bond donors (Lipinski definition) is 0. The average Bonchev–Trinajstić information content (AvgIpc) is 3.25. The quantitative estimate of drug-likeness (QED) is 0.709. The van der Waals surface area contributed by atoms with Crippen molar-refractivity contribution in [1.29, 1.82) is 0 Å². The monoisotopic (exact) mass is 310 g/mol. The molecule has 116 valence electrons. The third kappa shape index (κ3) is 4.13. The third-order valence-electron chi connectivity index (χ3n) is 4.01. The lowest BCUT2D eigenvalue weighted by molar-refractivity contribution is -0.142. The lowest BCUT2D eigenvalue weighted by Crippen LogP contribution is -2.05. The molecule has 0 spiro atoms. The molecule has 2 unspecified atom stereocenters. The van der Waals surface area contributed by atoms with Crippen LogP contribution in [0.15, 0.2) is 12.1 Å². The van der Waals surface area contributed by atoms with Gasteiger partial charge in [0.05, 0.1) is 19.6 Å². The molecule has 0 N–H and O–H groups in total. The molecule has 0 aliphatic heterocycles. The van der Waals surface area contributed by atoms with E-state index in [9.17, 15) is 4.79 Å². The van der Waals surface area contributed by atoms with E-state index in [4.69, 9.17) is 21.1 Å². The summed E-state index contributed by atoms with van der Waals surface area (Å²) in [6, 6.07) is 4.01. The van der Waals surface area contributed by atoms with Gasteiger partial charge in [-0.15, -0.1) is 0 Å². The SMILES string of the molecule is CCCOc1cc(C)c(Cl)cc1CCC1CC1C(=O)OC. The fraction of sp³-hybridized carbons (Fsp3) is 0.588. The van der Waals surface area contributed by atoms with E-state index in [-0.39, 0.29) is 11.9 Å². The standard InChI is InChI=1S/C17H23ClO3/c1-4-7-21-16-8-11(2)15(18)10-13(16)6-5-12-9-14(12)17(19)20-3/h8,10,12,14H,4-7,9H2,1-3H3. The minimum Gasteiger partial charge on any atom is -0.493 e. The van der Waals surface area contributed by atoms with E-state index >= 15 is 0 Å². The summed E-state index contributed by atoms with van der Waals surface area (Å²) in [7, 11) is 1.45. The van der Waals surface area contributed by atoms with Gasteiger partial charge in [0, 0.05) is 5.02 Å². The van der Waals surface area contributed by atoms with Crippen molar-refractivity contribution in [3.05, 3.63) is 28.3 Å². The molecule has 1 aromatic rings. The zero-order valence-corrected chi connectivity index (χ0v) is 13.7. The van der Waals surface area contributed by atoms with Crippen molar-refractivity contribution in [2.24, 2.45) is 11.8 Å². The maximum absolute atomic E-state index is 11.4. The van der Waals surface area contributed by atoms with Crippen molar-refractivity contribution in [2.75, 3.05) is 13.7 Å². The van der Waals surface area contributed by atoms with E-state index in [1.165, 1.54) is 7.11 Å². The molecule has 1 aliphatic rings. The maximum atomic E-state index is 11.4. The lowest BCUT2D eigenvalue weighted by atomic mass is 10.0. The Kier molecular flexibility index (Phi) is 5.51. The molecule has 0 bridgehead atoms. The maximum Gasteiger partial charge on any atom is 0.308 e. The van der Waals surface area contributed by atoms with Crippen LogP contribution in [0.4, 0.5) is 0 Å². The number of benzene rings is 1. The Labute approximate surface area is 131 Å². The Bertz CT molecular complexity index is 513. The third-order valence-corrected chi connectivity index (χ3v) is 4.42. The highest BCUT2D eigenvalue weighted by atomic mass is 35.5. The molecule has 0 saturated heterocycles. The molecule has 2 rings (SSSR count). The number of halogens is 1. The Hall–Kier alpha value is -1.22. The van der Waals surface area contributed by atoms with Gasteiger partial charge in [0.1, 0.15) is 5.75 Å². The minimum absolute atomic E-state index is 0.0793. The van der Waals surface area contributed by atoms with Crippen molar-refractivity contribution >= 4 is 17.6 Å². The van der Waals surface area contributed by atoms with Crippen LogP contribution in [0.5, 0.6) is 5.75 Å². The number of hydrogen-bond acceptors (Lipinski definition) is 3. The summed E-state index contributed by atoms with van der Waals surface area (Å²) in [5, 5.41) is 0.772. The van der Waals surface area contributed by atoms with Gasteiger partial charge >= 0.3 is 5.97 Å². The topological polar surface area (TPSA) is 35.5 Å². The van der Waals surface area contributed by atoms with E-state index < -0.39 is 0 Å². The number of aryl methyl sites for hydroxylation is 2. The molecule has 1 aliphatic carbocycles. The molecule has 2 atom stereocenters. The summed E-state index contributed by atoms with van der Waals surface area (Å²) >= 11 is 6.22. The van der Waals surface area contributed by atoms with Crippen LogP contribution in [-0.4, -0.2) is 19.7 Å². The summed E-state index contributed by atoms with van der Waals surface area (Å²) in [4.78, 5) is 11.4. The molecule has 0 radical (unpaired) electrons. The highest BCUT2D eigenvalue weighted by molar-refractivity contribution is 6.31. The Balaban J connectivity index is 1.98. The van der Waals surface area contributed by atoms with E-state index in [1.807, 2.05) is 19.1 Å². The zero-order chi connectivity index (χ0) is 15.4. The molecule has 0 aromatic heterocycles. The number of methoxy groups -OCH3 is 1. The molecule has 0 heterocycles. The van der Waals surface area contributed by atoms with Crippen molar-refractivity contribution in [1.82, 2.24) is 0 Å². The summed E-state index contributed by atoms with van der Waals surface area (Å²) in [6.07, 6.45) is 3.78. The van der Waals surface area contributed by atoms with Gasteiger partial charge in [-0.2, -0.15) is 0 Å². The number of rotatable bonds is 7. The predicted molar refractivity (Wildman–Crippen MR) is 83.9 cm³/mol. The van der Waals surface area contributed by atoms with Gasteiger partial charge in [0.25, 0.3) is 0 Å². The van der Waals surface area contributed by atoms with Crippen LogP contribution in [-0.2, 0) is 16.0 Å². The summed E-state index contributed by atoms with van der Waals surface area (Å²) in [5.41, 5.74) is 2.17. The average molecular weight is 311 g/mol. The second-order valence-corrected chi connectivity index (χ2v) is 6.13. The largest absolute Gasteiger partial charge is 0.493 e. The van der Waals surface area contributed by atoms with Crippen LogP contribution in [0.25, 0.3) is 0 Å². The van der Waals surface area contributed by atoms with Crippen molar-refractivity contribution in [2.45, 2.75) is 39.5 Å². The number of carbonyl (C=O) groups excluding carboxylic acids is 1. The molecule has 1 saturated carbocycles. The highest BCUT2D eigenvalue weighted by Gasteiger charge is 2.43. The molecular weight excluding hydrogens is 288 g/mol. The molecule has 0 amide bonds. The van der Waals surface area contributed by atoms with Gasteiger partial charge < -0.3 is 9.47 Å². The Morgan fingerprint density at radius 3 is 2.86 bits per heavy atom. The smallest absolute Gasteiger partial charge is 0.308 e. The van der Waals surface area contributed by atoms with E-state index in [0.717, 1.165) is 47.6 Å². The highest BCUT2D eigenvalue weighted by Crippen LogP contribution is 2.43. The zero-order valence-electron chi connectivity index (χ0n) is 12.9. The van der Waals surface area contributed by atoms with Gasteiger partial charge in [-0.3, -0.25) is 4.79 Å². The Morgan fingerprint density at radius 2 is 2.19 bits per heavy atom. The fourth-order valence-corrected chi connectivity index (χ4v) is 2.77. The van der Waals surface area contributed by atoms with Gasteiger partial charge in [-0.1, -0.05) is 18.5 Å². The van der Waals surface area contributed by atoms with Crippen LogP contribution < -0.4 is 4.74 Å². The van der Waals surface area contributed by atoms with E-state index in [0.29, 0.717) is 12.5 Å². The molecular formula is C17H23ClO3. The van der Waals surface area contributed by atoms with Crippen molar-refractivity contribution in [3.63, 3.8) is 0 Å². The predicted octanol–water partition coefficient (Wildman–Crippen LogP) is 4.18. The van der Waals surface area contributed by atoms with Crippen LogP contribution in [0.2, 0.25) is 5.02 Å². The second kappa shape index (κ2) is 7.17. The normalized spacial score (nSPS) is 20.2. The van der Waals surface area contributed by atoms with E-state index in [2.05, 4.69) is 6.92 Å². The summed E-state index contributed by atoms with van der Waals surface area (Å²) < 4.78 is 10.6. The van der Waals surface area contributed by atoms with Crippen molar-refractivity contribution < 1.29 is 14.3 Å². The number of ether oxygens (including phenoxy) is 2. The van der Waals surface area contributed by atoms with Crippen LogP contribution in [0.1, 0.15) is 37.3 Å². The first-order valence-electron chi connectivity index (χ1n) is 7.56. The summed E-state index contributed by atoms with van der Waals surface area (Å²) in [6.45, 7) is 4.79. The molecule has 3 nitrogen and oxygen atoms in total. The van der Waals surface area contributed by atoms with Crippen LogP contribution in [0, 0.1) is 18.8 Å². The first kappa shape index (κ1) is 16.2. The van der Waals surface area contributed by atoms with Crippen LogP contribution in [0.3, 0.4) is 0 Å². The van der Waals surface area contributed by atoms with Gasteiger partial charge in [0.2, 0.25) is 0 Å². The molecule has 1 fully saturated rings. The number of carbonyl (C=O) groups is 1. The Morgan fingerprint density at radius 1 is 1.43 bits per heavy atom. The van der Waals surface area contributed by atoms with Gasteiger partial charge in [-0.05, 0) is 61.8 Å². The fourth-order valence-electron chi connectivity index (χ4n) is 2.59. The first-order valence-corrected chi connectivity index (χ1v) is 7.94. The molecule has 21 heavy (non-hydrogen) atoms. The molecule has 1 aromatic carbocycles. The second-order valence-electron chi connectivity index (χ2n) is 5.72. The minimum atomic E-state index is -0.0793. The van der Waals surface area contributed by atoms with Gasteiger partial charge in [-0.25, -0.2) is 0 Å². The van der Waals surface area contributed by atoms with Crippen molar-refractivity contribution in [3.8, 4) is 5.75 Å².